The zero-order chi connectivity index (χ0) is 15.5. The molecule has 0 bridgehead atoms. The van der Waals surface area contributed by atoms with Gasteiger partial charge < -0.3 is 4.90 Å². The summed E-state index contributed by atoms with van der Waals surface area (Å²) in [4.78, 5) is 3.78. The van der Waals surface area contributed by atoms with Crippen LogP contribution in [0.3, 0.4) is 0 Å². The fourth-order valence-electron chi connectivity index (χ4n) is 1.80. The second-order valence-electron chi connectivity index (χ2n) is 4.61. The minimum absolute atomic E-state index is 0.935. The van der Waals surface area contributed by atoms with Gasteiger partial charge in [-0.05, 0) is 25.1 Å². The first-order valence-corrected chi connectivity index (χ1v) is 8.06. The maximum atomic E-state index is 5.90. The van der Waals surface area contributed by atoms with Crippen molar-refractivity contribution in [2.75, 3.05) is 13.6 Å². The van der Waals surface area contributed by atoms with Gasteiger partial charge >= 0.3 is 0 Å². The maximum absolute atomic E-state index is 5.90. The van der Waals surface area contributed by atoms with Gasteiger partial charge in [0, 0.05) is 18.0 Å². The summed E-state index contributed by atoms with van der Waals surface area (Å²) in [6.45, 7) is 8.97. The Kier molecular flexibility index (Phi) is 8.76. The van der Waals surface area contributed by atoms with Crippen molar-refractivity contribution >= 4 is 22.9 Å². The molecule has 0 spiro atoms. The molecule has 0 amide bonds. The van der Waals surface area contributed by atoms with Crippen molar-refractivity contribution in [2.24, 2.45) is 0 Å². The molecule has 1 aromatic carbocycles. The topological polar surface area (TPSA) is 3.24 Å². The standard InChI is InChI=1S/C8H10ClNS.C6H6.C4H6/c1-10-3-2-6-4-8(9)11-7(6)5-10;1-2-4-6-5-3-1;1-3-4-2/h4H,2-3,5H2,1H3;1-6H;3-4H,1-2H2. The van der Waals surface area contributed by atoms with Crippen molar-refractivity contribution < 1.29 is 0 Å². The molecule has 0 saturated heterocycles. The first-order valence-electron chi connectivity index (χ1n) is 6.86. The van der Waals surface area contributed by atoms with E-state index in [2.05, 4.69) is 31.2 Å². The molecule has 2 aromatic rings. The molecule has 3 heteroatoms. The van der Waals surface area contributed by atoms with Crippen LogP contribution >= 0.6 is 22.9 Å². The number of halogens is 1. The van der Waals surface area contributed by atoms with Crippen molar-refractivity contribution in [1.82, 2.24) is 4.90 Å². The zero-order valence-corrected chi connectivity index (χ0v) is 14.0. The highest BCUT2D eigenvalue weighted by Gasteiger charge is 2.15. The summed E-state index contributed by atoms with van der Waals surface area (Å²) >= 11 is 7.62. The molecule has 0 saturated carbocycles. The van der Waals surface area contributed by atoms with E-state index in [9.17, 15) is 0 Å². The van der Waals surface area contributed by atoms with Gasteiger partial charge in [-0.3, -0.25) is 0 Å². The van der Waals surface area contributed by atoms with E-state index in [0.29, 0.717) is 0 Å². The van der Waals surface area contributed by atoms with Gasteiger partial charge in [-0.15, -0.1) is 11.3 Å². The van der Waals surface area contributed by atoms with E-state index < -0.39 is 0 Å². The molecule has 0 N–H and O–H groups in total. The molecule has 1 nitrogen and oxygen atoms in total. The second kappa shape index (κ2) is 10.4. The summed E-state index contributed by atoms with van der Waals surface area (Å²) in [7, 11) is 2.15. The summed E-state index contributed by atoms with van der Waals surface area (Å²) in [5.74, 6) is 0. The highest BCUT2D eigenvalue weighted by Crippen LogP contribution is 2.30. The van der Waals surface area contributed by atoms with Gasteiger partial charge in [-0.1, -0.05) is 73.3 Å². The second-order valence-corrected chi connectivity index (χ2v) is 6.38. The van der Waals surface area contributed by atoms with E-state index >= 15 is 0 Å². The molecule has 1 aliphatic rings. The molecule has 21 heavy (non-hydrogen) atoms. The van der Waals surface area contributed by atoms with Crippen LogP contribution < -0.4 is 0 Å². The Bertz CT molecular complexity index is 501. The summed E-state index contributed by atoms with van der Waals surface area (Å²) in [5, 5.41) is 0. The van der Waals surface area contributed by atoms with Crippen LogP contribution in [0.15, 0.2) is 67.8 Å². The van der Waals surface area contributed by atoms with E-state index in [1.807, 2.05) is 36.4 Å². The third-order valence-corrected chi connectivity index (χ3v) is 4.17. The Morgan fingerprint density at radius 1 is 1.10 bits per heavy atom. The molecule has 2 heterocycles. The molecule has 0 unspecified atom stereocenters. The quantitative estimate of drug-likeness (QED) is 0.633. The lowest BCUT2D eigenvalue weighted by Gasteiger charge is -2.21. The van der Waals surface area contributed by atoms with Crippen LogP contribution in [0.5, 0.6) is 0 Å². The molecule has 112 valence electrons. The highest BCUT2D eigenvalue weighted by atomic mass is 35.5. The number of likely N-dealkylation sites (N-methyl/N-ethyl adjacent to an activating group) is 1. The van der Waals surface area contributed by atoms with Crippen LogP contribution in [0.1, 0.15) is 10.4 Å². The van der Waals surface area contributed by atoms with Crippen LogP contribution in [0.2, 0.25) is 4.34 Å². The van der Waals surface area contributed by atoms with E-state index in [4.69, 9.17) is 11.6 Å². The lowest BCUT2D eigenvalue weighted by atomic mass is 10.1. The summed E-state index contributed by atoms with van der Waals surface area (Å²) in [5.41, 5.74) is 1.46. The number of hydrogen-bond donors (Lipinski definition) is 0. The van der Waals surface area contributed by atoms with Crippen LogP contribution in [-0.4, -0.2) is 18.5 Å². The molecule has 0 atom stereocenters. The predicted octanol–water partition coefficient (Wildman–Crippen LogP) is 5.43. The highest BCUT2D eigenvalue weighted by molar-refractivity contribution is 7.16. The van der Waals surface area contributed by atoms with Gasteiger partial charge in [0.1, 0.15) is 0 Å². The van der Waals surface area contributed by atoms with E-state index in [1.54, 1.807) is 23.5 Å². The van der Waals surface area contributed by atoms with Gasteiger partial charge in [-0.25, -0.2) is 0 Å². The molecular formula is C18H22ClNS. The fraction of sp³-hybridized carbons (Fsp3) is 0.222. The number of benzene rings is 1. The van der Waals surface area contributed by atoms with Crippen molar-refractivity contribution in [2.45, 2.75) is 13.0 Å². The minimum Gasteiger partial charge on any atom is -0.301 e. The van der Waals surface area contributed by atoms with Crippen molar-refractivity contribution in [3.63, 3.8) is 0 Å². The summed E-state index contributed by atoms with van der Waals surface area (Å²) < 4.78 is 0.935. The third kappa shape index (κ3) is 7.28. The maximum Gasteiger partial charge on any atom is 0.0934 e. The van der Waals surface area contributed by atoms with Crippen LogP contribution in [0.4, 0.5) is 0 Å². The fourth-order valence-corrected chi connectivity index (χ4v) is 3.22. The molecule has 0 fully saturated rings. The smallest absolute Gasteiger partial charge is 0.0934 e. The number of hydrogen-bond acceptors (Lipinski definition) is 2. The van der Waals surface area contributed by atoms with Crippen molar-refractivity contribution in [3.05, 3.63) is 82.6 Å². The van der Waals surface area contributed by atoms with E-state index in [1.165, 1.54) is 17.0 Å². The van der Waals surface area contributed by atoms with Gasteiger partial charge in [0.05, 0.1) is 4.34 Å². The average molecular weight is 320 g/mol. The molecule has 1 aliphatic heterocycles. The number of rotatable bonds is 1. The Morgan fingerprint density at radius 3 is 2.10 bits per heavy atom. The first-order chi connectivity index (χ1) is 10.2. The number of fused-ring (bicyclic) bond motifs is 1. The lowest BCUT2D eigenvalue weighted by molar-refractivity contribution is 0.317. The lowest BCUT2D eigenvalue weighted by Crippen LogP contribution is -2.24. The van der Waals surface area contributed by atoms with Crippen molar-refractivity contribution in [3.8, 4) is 0 Å². The molecule has 0 aliphatic carbocycles. The third-order valence-electron chi connectivity index (χ3n) is 2.88. The molecule has 1 aromatic heterocycles. The average Bonchev–Trinajstić information content (AvgIpc) is 2.89. The number of nitrogens with zero attached hydrogens (tertiary/aromatic N) is 1. The zero-order valence-electron chi connectivity index (χ0n) is 12.5. The van der Waals surface area contributed by atoms with Gasteiger partial charge in [-0.2, -0.15) is 0 Å². The van der Waals surface area contributed by atoms with Gasteiger partial charge in [0.15, 0.2) is 0 Å². The molecule has 0 radical (unpaired) electrons. The Labute approximate surface area is 137 Å². The number of thiophene rings is 1. The Hall–Kier alpha value is -1.35. The molecule has 3 rings (SSSR count). The normalized spacial score (nSPS) is 12.9. The Balaban J connectivity index is 0.000000187. The Morgan fingerprint density at radius 2 is 1.62 bits per heavy atom. The number of allylic oxidation sites excluding steroid dienone is 2. The van der Waals surface area contributed by atoms with E-state index in [0.717, 1.165) is 17.3 Å². The largest absolute Gasteiger partial charge is 0.301 e. The monoisotopic (exact) mass is 319 g/mol. The van der Waals surface area contributed by atoms with Crippen LogP contribution in [0, 0.1) is 0 Å². The SMILES string of the molecule is C=CC=C.CN1CCc2cc(Cl)sc2C1.c1ccccc1. The minimum atomic E-state index is 0.935. The first kappa shape index (κ1) is 17.7. The van der Waals surface area contributed by atoms with Gasteiger partial charge in [0.25, 0.3) is 0 Å². The van der Waals surface area contributed by atoms with E-state index in [-0.39, 0.29) is 0 Å². The molecular weight excluding hydrogens is 298 g/mol. The predicted molar refractivity (Wildman–Crippen MR) is 96.2 cm³/mol. The summed E-state index contributed by atoms with van der Waals surface area (Å²) in [6, 6.07) is 14.1. The summed E-state index contributed by atoms with van der Waals surface area (Å²) in [6.07, 6.45) is 4.44. The van der Waals surface area contributed by atoms with Crippen molar-refractivity contribution in [1.29, 1.82) is 0 Å². The van der Waals surface area contributed by atoms with Crippen LogP contribution in [0.25, 0.3) is 0 Å². The van der Waals surface area contributed by atoms with Gasteiger partial charge in [0.2, 0.25) is 0 Å². The van der Waals surface area contributed by atoms with Crippen LogP contribution in [-0.2, 0) is 13.0 Å².